The van der Waals surface area contributed by atoms with Crippen LogP contribution in [0.2, 0.25) is 0 Å². The van der Waals surface area contributed by atoms with Crippen LogP contribution in [0, 0.1) is 6.92 Å². The Balaban J connectivity index is 1.61. The van der Waals surface area contributed by atoms with Crippen molar-refractivity contribution in [3.8, 4) is 0 Å². The van der Waals surface area contributed by atoms with E-state index < -0.39 is 0 Å². The molecule has 0 bridgehead atoms. The molecule has 0 aliphatic heterocycles. The lowest BCUT2D eigenvalue weighted by molar-refractivity contribution is 0.0946. The number of rotatable bonds is 5. The van der Waals surface area contributed by atoms with Crippen molar-refractivity contribution in [3.05, 3.63) is 88.2 Å². The summed E-state index contributed by atoms with van der Waals surface area (Å²) < 4.78 is 1.07. The van der Waals surface area contributed by atoms with Gasteiger partial charge in [-0.3, -0.25) is 4.79 Å². The van der Waals surface area contributed by atoms with E-state index in [1.807, 2.05) is 61.5 Å². The molecule has 0 spiro atoms. The second kappa shape index (κ2) is 7.94. The first kappa shape index (κ1) is 17.2. The normalized spacial score (nSPS) is 10.3. The molecular formula is C20H18BrN3O. The average Bonchev–Trinajstić information content (AvgIpc) is 2.64. The van der Waals surface area contributed by atoms with Gasteiger partial charge in [-0.05, 0) is 48.4 Å². The highest BCUT2D eigenvalue weighted by Gasteiger charge is 2.07. The fraction of sp³-hybridized carbons (Fsp3) is 0.100. The molecule has 3 aromatic rings. The van der Waals surface area contributed by atoms with Gasteiger partial charge in [0.05, 0.1) is 11.9 Å². The number of carbonyl (C=O) groups is 1. The van der Waals surface area contributed by atoms with Crippen molar-refractivity contribution in [1.29, 1.82) is 0 Å². The van der Waals surface area contributed by atoms with Crippen molar-refractivity contribution in [3.63, 3.8) is 0 Å². The quantitative estimate of drug-likeness (QED) is 0.650. The zero-order chi connectivity index (χ0) is 17.6. The first-order valence-electron chi connectivity index (χ1n) is 7.93. The maximum absolute atomic E-state index is 12.2. The van der Waals surface area contributed by atoms with Crippen molar-refractivity contribution >= 4 is 33.2 Å². The molecule has 0 fully saturated rings. The van der Waals surface area contributed by atoms with E-state index in [2.05, 4.69) is 31.5 Å². The second-order valence-electron chi connectivity index (χ2n) is 5.69. The fourth-order valence-electron chi connectivity index (χ4n) is 2.36. The topological polar surface area (TPSA) is 54.0 Å². The van der Waals surface area contributed by atoms with Gasteiger partial charge in [-0.2, -0.15) is 0 Å². The van der Waals surface area contributed by atoms with E-state index in [9.17, 15) is 4.79 Å². The number of carbonyl (C=O) groups excluding carboxylic acids is 1. The molecule has 0 aliphatic carbocycles. The Labute approximate surface area is 155 Å². The summed E-state index contributed by atoms with van der Waals surface area (Å²) >= 11 is 3.49. The highest BCUT2D eigenvalue weighted by atomic mass is 79.9. The molecule has 4 nitrogen and oxygen atoms in total. The third-order valence-electron chi connectivity index (χ3n) is 3.74. The van der Waals surface area contributed by atoms with Crippen molar-refractivity contribution in [2.75, 3.05) is 5.32 Å². The number of aromatic nitrogens is 1. The standard InChI is InChI=1S/C20H18BrN3O/c1-14-11-16(7-9-18(14)21)24-17-8-10-19(22-13-17)20(25)23-12-15-5-3-2-4-6-15/h2-11,13,24H,12H2,1H3,(H,23,25). The van der Waals surface area contributed by atoms with Gasteiger partial charge in [-0.15, -0.1) is 0 Å². The Hall–Kier alpha value is -2.66. The predicted octanol–water partition coefficient (Wildman–Crippen LogP) is 4.83. The lowest BCUT2D eigenvalue weighted by Crippen LogP contribution is -2.23. The first-order chi connectivity index (χ1) is 12.1. The number of benzene rings is 2. The average molecular weight is 396 g/mol. The fourth-order valence-corrected chi connectivity index (χ4v) is 2.61. The SMILES string of the molecule is Cc1cc(Nc2ccc(C(=O)NCc3ccccc3)nc2)ccc1Br. The lowest BCUT2D eigenvalue weighted by atomic mass is 10.2. The van der Waals surface area contributed by atoms with Crippen molar-refractivity contribution < 1.29 is 4.79 Å². The Bertz CT molecular complexity index is 864. The van der Waals surface area contributed by atoms with E-state index >= 15 is 0 Å². The van der Waals surface area contributed by atoms with Crippen LogP contribution < -0.4 is 10.6 Å². The highest BCUT2D eigenvalue weighted by molar-refractivity contribution is 9.10. The maximum atomic E-state index is 12.2. The van der Waals surface area contributed by atoms with Gasteiger partial charge < -0.3 is 10.6 Å². The number of nitrogens with zero attached hydrogens (tertiary/aromatic N) is 1. The molecule has 126 valence electrons. The Morgan fingerprint density at radius 1 is 1.04 bits per heavy atom. The molecule has 25 heavy (non-hydrogen) atoms. The number of pyridine rings is 1. The first-order valence-corrected chi connectivity index (χ1v) is 8.72. The number of anilines is 2. The Kier molecular flexibility index (Phi) is 5.46. The lowest BCUT2D eigenvalue weighted by Gasteiger charge is -2.09. The third kappa shape index (κ3) is 4.67. The number of hydrogen-bond donors (Lipinski definition) is 2. The minimum absolute atomic E-state index is 0.185. The summed E-state index contributed by atoms with van der Waals surface area (Å²) in [6.07, 6.45) is 1.66. The summed E-state index contributed by atoms with van der Waals surface area (Å²) in [5, 5.41) is 6.15. The summed E-state index contributed by atoms with van der Waals surface area (Å²) in [5.74, 6) is -0.185. The van der Waals surface area contributed by atoms with E-state index in [0.29, 0.717) is 12.2 Å². The zero-order valence-corrected chi connectivity index (χ0v) is 15.4. The van der Waals surface area contributed by atoms with Gasteiger partial charge in [-0.25, -0.2) is 4.98 Å². The minimum Gasteiger partial charge on any atom is -0.354 e. The van der Waals surface area contributed by atoms with E-state index in [0.717, 1.165) is 27.0 Å². The molecule has 3 rings (SSSR count). The van der Waals surface area contributed by atoms with Gasteiger partial charge in [0, 0.05) is 16.7 Å². The van der Waals surface area contributed by atoms with Crippen LogP contribution in [0.5, 0.6) is 0 Å². The monoisotopic (exact) mass is 395 g/mol. The number of nitrogens with one attached hydrogen (secondary N) is 2. The highest BCUT2D eigenvalue weighted by Crippen LogP contribution is 2.22. The summed E-state index contributed by atoms with van der Waals surface area (Å²) in [4.78, 5) is 16.4. The van der Waals surface area contributed by atoms with Gasteiger partial charge in [-0.1, -0.05) is 46.3 Å². The van der Waals surface area contributed by atoms with Crippen molar-refractivity contribution in [2.24, 2.45) is 0 Å². The molecule has 1 heterocycles. The molecule has 0 atom stereocenters. The molecule has 0 saturated carbocycles. The van der Waals surface area contributed by atoms with Gasteiger partial charge in [0.15, 0.2) is 0 Å². The van der Waals surface area contributed by atoms with E-state index in [1.165, 1.54) is 0 Å². The van der Waals surface area contributed by atoms with E-state index in [1.54, 1.807) is 12.3 Å². The predicted molar refractivity (Wildman–Crippen MR) is 104 cm³/mol. The van der Waals surface area contributed by atoms with Crippen LogP contribution in [-0.2, 0) is 6.54 Å². The Morgan fingerprint density at radius 2 is 1.80 bits per heavy atom. The smallest absolute Gasteiger partial charge is 0.270 e. The van der Waals surface area contributed by atoms with Gasteiger partial charge >= 0.3 is 0 Å². The molecule has 5 heteroatoms. The largest absolute Gasteiger partial charge is 0.354 e. The molecule has 2 N–H and O–H groups in total. The van der Waals surface area contributed by atoms with Gasteiger partial charge in [0.25, 0.3) is 5.91 Å². The molecule has 2 aromatic carbocycles. The maximum Gasteiger partial charge on any atom is 0.270 e. The second-order valence-corrected chi connectivity index (χ2v) is 6.54. The number of aryl methyl sites for hydroxylation is 1. The molecule has 0 unspecified atom stereocenters. The zero-order valence-electron chi connectivity index (χ0n) is 13.8. The number of amides is 1. The van der Waals surface area contributed by atoms with Crippen LogP contribution in [0.4, 0.5) is 11.4 Å². The van der Waals surface area contributed by atoms with Crippen LogP contribution in [0.1, 0.15) is 21.6 Å². The summed E-state index contributed by atoms with van der Waals surface area (Å²) in [6.45, 7) is 2.52. The molecule has 0 saturated heterocycles. The molecule has 0 aliphatic rings. The molecule has 1 amide bonds. The summed E-state index contributed by atoms with van der Waals surface area (Å²) in [5.41, 5.74) is 4.41. The van der Waals surface area contributed by atoms with E-state index in [4.69, 9.17) is 0 Å². The summed E-state index contributed by atoms with van der Waals surface area (Å²) in [7, 11) is 0. The van der Waals surface area contributed by atoms with Crippen LogP contribution in [0.25, 0.3) is 0 Å². The van der Waals surface area contributed by atoms with Crippen LogP contribution in [0.15, 0.2) is 71.3 Å². The van der Waals surface area contributed by atoms with Crippen LogP contribution in [0.3, 0.4) is 0 Å². The van der Waals surface area contributed by atoms with Gasteiger partial charge in [0.2, 0.25) is 0 Å². The molecule has 1 aromatic heterocycles. The number of halogens is 1. The van der Waals surface area contributed by atoms with Crippen LogP contribution >= 0.6 is 15.9 Å². The van der Waals surface area contributed by atoms with Crippen LogP contribution in [-0.4, -0.2) is 10.9 Å². The number of hydrogen-bond acceptors (Lipinski definition) is 3. The van der Waals surface area contributed by atoms with Gasteiger partial charge in [0.1, 0.15) is 5.69 Å². The third-order valence-corrected chi connectivity index (χ3v) is 4.63. The van der Waals surface area contributed by atoms with E-state index in [-0.39, 0.29) is 5.91 Å². The Morgan fingerprint density at radius 3 is 2.48 bits per heavy atom. The molecular weight excluding hydrogens is 378 g/mol. The van der Waals surface area contributed by atoms with Crippen molar-refractivity contribution in [1.82, 2.24) is 10.3 Å². The van der Waals surface area contributed by atoms with Crippen molar-refractivity contribution in [2.45, 2.75) is 13.5 Å². The summed E-state index contributed by atoms with van der Waals surface area (Å²) in [6, 6.07) is 19.4. The minimum atomic E-state index is -0.185. The molecule has 0 radical (unpaired) electrons.